The Labute approximate surface area is 163 Å². The normalized spacial score (nSPS) is 12.2. The van der Waals surface area contributed by atoms with Crippen molar-refractivity contribution in [1.29, 1.82) is 0 Å². The quantitative estimate of drug-likeness (QED) is 0.735. The van der Waals surface area contributed by atoms with Crippen molar-refractivity contribution in [2.45, 2.75) is 85.2 Å². The average Bonchev–Trinajstić information content (AvgIpc) is 2.48. The van der Waals surface area contributed by atoms with Crippen molar-refractivity contribution in [3.8, 4) is 5.75 Å². The second-order valence-corrected chi connectivity index (χ2v) is 9.35. The number of carbonyl (C=O) groups is 2. The number of nitrogens with one attached hydrogen (secondary N) is 1. The molecule has 27 heavy (non-hydrogen) atoms. The van der Waals surface area contributed by atoms with Crippen molar-refractivity contribution in [3.63, 3.8) is 0 Å². The van der Waals surface area contributed by atoms with Crippen molar-refractivity contribution in [2.24, 2.45) is 0 Å². The highest BCUT2D eigenvalue weighted by Crippen LogP contribution is 2.39. The minimum Gasteiger partial charge on any atom is -0.507 e. The van der Waals surface area contributed by atoms with Gasteiger partial charge in [0.05, 0.1) is 6.10 Å². The van der Waals surface area contributed by atoms with Gasteiger partial charge < -0.3 is 15.2 Å². The van der Waals surface area contributed by atoms with Gasteiger partial charge in [-0.1, -0.05) is 53.7 Å². The van der Waals surface area contributed by atoms with Crippen LogP contribution in [-0.2, 0) is 31.6 Å². The summed E-state index contributed by atoms with van der Waals surface area (Å²) < 4.78 is 5.00. The number of carbonyl (C=O) groups excluding carboxylic acids is 2. The Morgan fingerprint density at radius 1 is 1.04 bits per heavy atom. The molecule has 0 aliphatic carbocycles. The summed E-state index contributed by atoms with van der Waals surface area (Å²) in [5, 5.41) is 13.3. The Morgan fingerprint density at radius 3 is 1.93 bits per heavy atom. The van der Waals surface area contributed by atoms with Gasteiger partial charge in [0.2, 0.25) is 5.91 Å². The van der Waals surface area contributed by atoms with Crippen LogP contribution in [0, 0.1) is 0 Å². The van der Waals surface area contributed by atoms with E-state index in [1.54, 1.807) is 13.8 Å². The van der Waals surface area contributed by atoms with E-state index in [1.807, 2.05) is 12.1 Å². The summed E-state index contributed by atoms with van der Waals surface area (Å²) in [5.41, 5.74) is 2.35. The van der Waals surface area contributed by atoms with Gasteiger partial charge in [-0.05, 0) is 47.8 Å². The lowest BCUT2D eigenvalue weighted by molar-refractivity contribution is -0.147. The summed E-state index contributed by atoms with van der Waals surface area (Å²) in [6, 6.07) is 3.95. The van der Waals surface area contributed by atoms with Gasteiger partial charge in [-0.25, -0.2) is 0 Å². The molecular weight excluding hydrogens is 342 g/mol. The number of hydrogen-bond acceptors (Lipinski definition) is 4. The number of phenolic OH excluding ortho intramolecular Hbond substituents is 1. The van der Waals surface area contributed by atoms with Crippen LogP contribution < -0.4 is 5.32 Å². The Balaban J connectivity index is 2.89. The van der Waals surface area contributed by atoms with Crippen LogP contribution >= 0.6 is 0 Å². The van der Waals surface area contributed by atoms with E-state index in [2.05, 4.69) is 46.9 Å². The van der Waals surface area contributed by atoms with E-state index >= 15 is 0 Å². The summed E-state index contributed by atoms with van der Waals surface area (Å²) in [7, 11) is 0. The highest BCUT2D eigenvalue weighted by molar-refractivity contribution is 5.82. The third-order valence-corrected chi connectivity index (χ3v) is 4.22. The molecule has 1 aromatic rings. The standard InChI is InChI=1S/C22H35NO4/c1-14(2)27-19(25)13-23-18(24)10-9-15-11-16(21(3,4)5)20(26)17(12-15)22(6,7)8/h11-12,14,26H,9-10,13H2,1-8H3,(H,23,24). The van der Waals surface area contributed by atoms with Gasteiger partial charge in [0.15, 0.2) is 0 Å². The Hall–Kier alpha value is -2.04. The van der Waals surface area contributed by atoms with Crippen LogP contribution in [0.4, 0.5) is 0 Å². The maximum atomic E-state index is 12.1. The van der Waals surface area contributed by atoms with Crippen molar-refractivity contribution >= 4 is 11.9 Å². The lowest BCUT2D eigenvalue weighted by Crippen LogP contribution is -2.31. The highest BCUT2D eigenvalue weighted by Gasteiger charge is 2.26. The predicted molar refractivity (Wildman–Crippen MR) is 108 cm³/mol. The molecule has 1 amide bonds. The Kier molecular flexibility index (Phi) is 7.47. The van der Waals surface area contributed by atoms with Crippen molar-refractivity contribution in [1.82, 2.24) is 5.32 Å². The van der Waals surface area contributed by atoms with E-state index in [1.165, 1.54) is 0 Å². The molecule has 2 N–H and O–H groups in total. The van der Waals surface area contributed by atoms with E-state index in [0.29, 0.717) is 12.2 Å². The van der Waals surface area contributed by atoms with Gasteiger partial charge in [-0.15, -0.1) is 0 Å². The summed E-state index contributed by atoms with van der Waals surface area (Å²) in [4.78, 5) is 23.6. The lowest BCUT2D eigenvalue weighted by atomic mass is 9.78. The smallest absolute Gasteiger partial charge is 0.325 e. The second kappa shape index (κ2) is 8.77. The van der Waals surface area contributed by atoms with Gasteiger partial charge >= 0.3 is 5.97 Å². The van der Waals surface area contributed by atoms with Crippen LogP contribution in [0.15, 0.2) is 12.1 Å². The summed E-state index contributed by atoms with van der Waals surface area (Å²) in [5.74, 6) is -0.300. The van der Waals surface area contributed by atoms with Gasteiger partial charge in [0.1, 0.15) is 12.3 Å². The molecule has 152 valence electrons. The van der Waals surface area contributed by atoms with E-state index in [0.717, 1.165) is 16.7 Å². The van der Waals surface area contributed by atoms with E-state index in [-0.39, 0.29) is 35.8 Å². The van der Waals surface area contributed by atoms with Gasteiger partial charge in [0.25, 0.3) is 0 Å². The Morgan fingerprint density at radius 2 is 1.52 bits per heavy atom. The van der Waals surface area contributed by atoms with Crippen LogP contribution in [-0.4, -0.2) is 29.6 Å². The second-order valence-electron chi connectivity index (χ2n) is 9.35. The number of rotatable bonds is 6. The zero-order valence-electron chi connectivity index (χ0n) is 18.0. The molecule has 0 aromatic heterocycles. The number of hydrogen-bond donors (Lipinski definition) is 2. The molecule has 5 heteroatoms. The van der Waals surface area contributed by atoms with E-state index in [4.69, 9.17) is 4.74 Å². The van der Waals surface area contributed by atoms with E-state index in [9.17, 15) is 14.7 Å². The fraction of sp³-hybridized carbons (Fsp3) is 0.636. The predicted octanol–water partition coefficient (Wildman–Crippen LogP) is 3.99. The van der Waals surface area contributed by atoms with Crippen LogP contribution in [0.2, 0.25) is 0 Å². The first-order valence-corrected chi connectivity index (χ1v) is 9.55. The zero-order chi connectivity index (χ0) is 21.0. The first kappa shape index (κ1) is 23.0. The van der Waals surface area contributed by atoms with Crippen molar-refractivity contribution < 1.29 is 19.4 Å². The molecule has 0 aliphatic rings. The largest absolute Gasteiger partial charge is 0.507 e. The lowest BCUT2D eigenvalue weighted by Gasteiger charge is -2.28. The number of benzene rings is 1. The maximum absolute atomic E-state index is 12.1. The molecule has 0 saturated carbocycles. The molecule has 0 saturated heterocycles. The molecule has 0 heterocycles. The highest BCUT2D eigenvalue weighted by atomic mass is 16.5. The first-order valence-electron chi connectivity index (χ1n) is 9.55. The summed E-state index contributed by atoms with van der Waals surface area (Å²) >= 11 is 0. The minimum atomic E-state index is -0.437. The third kappa shape index (κ3) is 7.24. The molecule has 1 aromatic carbocycles. The molecule has 0 atom stereocenters. The van der Waals surface area contributed by atoms with Gasteiger partial charge in [-0.3, -0.25) is 9.59 Å². The molecule has 0 fully saturated rings. The molecule has 5 nitrogen and oxygen atoms in total. The van der Waals surface area contributed by atoms with Crippen molar-refractivity contribution in [3.05, 3.63) is 28.8 Å². The van der Waals surface area contributed by atoms with Crippen LogP contribution in [0.5, 0.6) is 5.75 Å². The molecular formula is C22H35NO4. The number of amides is 1. The summed E-state index contributed by atoms with van der Waals surface area (Å²) in [6.45, 7) is 15.8. The molecule has 0 spiro atoms. The average molecular weight is 378 g/mol. The topological polar surface area (TPSA) is 75.6 Å². The van der Waals surface area contributed by atoms with E-state index < -0.39 is 5.97 Å². The van der Waals surface area contributed by atoms with Crippen LogP contribution in [0.1, 0.15) is 78.5 Å². The fourth-order valence-electron chi connectivity index (χ4n) is 2.80. The monoisotopic (exact) mass is 377 g/mol. The van der Waals surface area contributed by atoms with Gasteiger partial charge in [0, 0.05) is 6.42 Å². The minimum absolute atomic E-state index is 0.118. The third-order valence-electron chi connectivity index (χ3n) is 4.22. The molecule has 1 rings (SSSR count). The number of ether oxygens (including phenoxy) is 1. The SMILES string of the molecule is CC(C)OC(=O)CNC(=O)CCc1cc(C(C)(C)C)c(O)c(C(C)(C)C)c1. The first-order chi connectivity index (χ1) is 12.2. The summed E-state index contributed by atoms with van der Waals surface area (Å²) in [6.07, 6.45) is 0.614. The van der Waals surface area contributed by atoms with Crippen LogP contribution in [0.25, 0.3) is 0 Å². The van der Waals surface area contributed by atoms with Crippen molar-refractivity contribution in [2.75, 3.05) is 6.54 Å². The Bertz CT molecular complexity index is 644. The number of phenols is 1. The zero-order valence-corrected chi connectivity index (χ0v) is 18.0. The molecule has 0 bridgehead atoms. The van der Waals surface area contributed by atoms with Gasteiger partial charge in [-0.2, -0.15) is 0 Å². The number of aryl methyl sites for hydroxylation is 1. The van der Waals surface area contributed by atoms with Crippen LogP contribution in [0.3, 0.4) is 0 Å². The molecule has 0 aliphatic heterocycles. The molecule has 0 unspecified atom stereocenters. The molecule has 0 radical (unpaired) electrons. The fourth-order valence-corrected chi connectivity index (χ4v) is 2.80. The maximum Gasteiger partial charge on any atom is 0.325 e. The number of aromatic hydroxyl groups is 1. The number of esters is 1.